The summed E-state index contributed by atoms with van der Waals surface area (Å²) in [7, 11) is 0. The van der Waals surface area contributed by atoms with Gasteiger partial charge in [0.05, 0.1) is 6.20 Å². The summed E-state index contributed by atoms with van der Waals surface area (Å²) in [4.78, 5) is 13.2. The number of aromatic nitrogens is 4. The summed E-state index contributed by atoms with van der Waals surface area (Å²) in [6.45, 7) is 0. The summed E-state index contributed by atoms with van der Waals surface area (Å²) in [6, 6.07) is 12.7. The fourth-order valence-electron chi connectivity index (χ4n) is 3.61. The van der Waals surface area contributed by atoms with Crippen LogP contribution in [-0.4, -0.2) is 19.5 Å². The summed E-state index contributed by atoms with van der Waals surface area (Å²) < 4.78 is 8.10. The third-order valence-corrected chi connectivity index (χ3v) is 4.58. The van der Waals surface area contributed by atoms with Crippen LogP contribution in [0.25, 0.3) is 33.3 Å². The van der Waals surface area contributed by atoms with Gasteiger partial charge in [-0.3, -0.25) is 4.57 Å². The molecule has 6 rings (SSSR count). The lowest BCUT2D eigenvalue weighted by atomic mass is 9.98. The molecule has 1 fully saturated rings. The van der Waals surface area contributed by atoms with E-state index < -0.39 is 0 Å². The molecule has 4 aromatic rings. The van der Waals surface area contributed by atoms with E-state index in [4.69, 9.17) is 9.72 Å². The summed E-state index contributed by atoms with van der Waals surface area (Å²) in [5.41, 5.74) is 4.03. The maximum atomic E-state index is 5.97. The fraction of sp³-hybridized carbons (Fsp3) is 0.118. The van der Waals surface area contributed by atoms with Crippen molar-refractivity contribution >= 4 is 21.9 Å². The quantitative estimate of drug-likeness (QED) is 0.466. The topological polar surface area (TPSA) is 56.1 Å². The molecule has 1 saturated heterocycles. The van der Waals surface area contributed by atoms with Gasteiger partial charge in [-0.15, -0.1) is 0 Å². The van der Waals surface area contributed by atoms with E-state index in [9.17, 15) is 0 Å². The van der Waals surface area contributed by atoms with Crippen LogP contribution in [-0.2, 0) is 4.74 Å². The van der Waals surface area contributed by atoms with Gasteiger partial charge in [-0.1, -0.05) is 36.4 Å². The molecule has 0 N–H and O–H groups in total. The van der Waals surface area contributed by atoms with E-state index in [0.717, 1.165) is 22.6 Å². The van der Waals surface area contributed by atoms with Gasteiger partial charge in [-0.05, 0) is 16.3 Å². The summed E-state index contributed by atoms with van der Waals surface area (Å²) >= 11 is 0. The molecule has 0 bridgehead atoms. The highest BCUT2D eigenvalue weighted by molar-refractivity contribution is 6.00. The zero-order valence-electron chi connectivity index (χ0n) is 11.5. The van der Waals surface area contributed by atoms with E-state index in [1.165, 1.54) is 22.7 Å². The maximum Gasteiger partial charge on any atom is 0.181 e. The number of fused-ring (bicyclic) bond motifs is 7. The number of epoxide rings is 1. The third-order valence-electron chi connectivity index (χ3n) is 4.58. The molecular formula is C17H10N4O. The van der Waals surface area contributed by atoms with E-state index in [0.29, 0.717) is 0 Å². The molecular weight excluding hydrogens is 276 g/mol. The Morgan fingerprint density at radius 3 is 2.95 bits per heavy atom. The summed E-state index contributed by atoms with van der Waals surface area (Å²) in [5.74, 6) is 0.915. The van der Waals surface area contributed by atoms with Crippen molar-refractivity contribution in [1.82, 2.24) is 19.5 Å². The van der Waals surface area contributed by atoms with Crippen LogP contribution in [0, 0.1) is 0 Å². The van der Waals surface area contributed by atoms with E-state index in [2.05, 4.69) is 50.9 Å². The van der Waals surface area contributed by atoms with Crippen molar-refractivity contribution in [1.29, 1.82) is 0 Å². The zero-order valence-corrected chi connectivity index (χ0v) is 11.5. The van der Waals surface area contributed by atoms with Crippen molar-refractivity contribution in [2.75, 3.05) is 0 Å². The first kappa shape index (κ1) is 10.9. The van der Waals surface area contributed by atoms with Gasteiger partial charge in [0.25, 0.3) is 0 Å². The third kappa shape index (κ3) is 1.17. The molecule has 2 aromatic heterocycles. The molecule has 0 spiro atoms. The van der Waals surface area contributed by atoms with Crippen LogP contribution in [0.15, 0.2) is 48.9 Å². The Morgan fingerprint density at radius 2 is 2.00 bits per heavy atom. The number of benzene rings is 2. The Hall–Kier alpha value is -2.79. The molecule has 2 aromatic carbocycles. The van der Waals surface area contributed by atoms with Gasteiger partial charge in [-0.25, -0.2) is 15.0 Å². The number of hydrogen-bond acceptors (Lipinski definition) is 4. The van der Waals surface area contributed by atoms with Crippen molar-refractivity contribution in [2.24, 2.45) is 0 Å². The van der Waals surface area contributed by atoms with Gasteiger partial charge in [0, 0.05) is 5.56 Å². The second-order valence-corrected chi connectivity index (χ2v) is 5.74. The minimum absolute atomic E-state index is 0.0102. The SMILES string of the molecule is c1cc2c3c(cccc3c1)C1OC1n1c-2nc2ncncc21. The molecule has 2 atom stereocenters. The van der Waals surface area contributed by atoms with Gasteiger partial charge in [0.15, 0.2) is 11.9 Å². The van der Waals surface area contributed by atoms with Gasteiger partial charge in [-0.2, -0.15) is 0 Å². The Balaban J connectivity index is 1.85. The molecule has 5 nitrogen and oxygen atoms in total. The highest BCUT2D eigenvalue weighted by atomic mass is 16.6. The van der Waals surface area contributed by atoms with Crippen molar-refractivity contribution in [3.05, 3.63) is 54.5 Å². The van der Waals surface area contributed by atoms with Crippen LogP contribution in [0.4, 0.5) is 0 Å². The standard InChI is InChI=1S/C17H10N4O/c1-3-9-4-2-6-11-13(9)10(5-1)14-17(22-14)21-12-7-18-8-19-15(12)20-16(11)21/h1-8,14,17H. The smallest absolute Gasteiger partial charge is 0.181 e. The predicted molar refractivity (Wildman–Crippen MR) is 81.1 cm³/mol. The number of hydrogen-bond donors (Lipinski definition) is 0. The number of nitrogens with zero attached hydrogens (tertiary/aromatic N) is 4. The van der Waals surface area contributed by atoms with E-state index in [1.54, 1.807) is 0 Å². The van der Waals surface area contributed by atoms with E-state index >= 15 is 0 Å². The first-order chi connectivity index (χ1) is 10.9. The van der Waals surface area contributed by atoms with Crippen LogP contribution in [0.2, 0.25) is 0 Å². The lowest BCUT2D eigenvalue weighted by Crippen LogP contribution is -1.97. The van der Waals surface area contributed by atoms with E-state index in [-0.39, 0.29) is 12.3 Å². The maximum absolute atomic E-state index is 5.97. The Bertz CT molecular complexity index is 1080. The first-order valence-electron chi connectivity index (χ1n) is 7.27. The number of ether oxygens (including phenoxy) is 1. The van der Waals surface area contributed by atoms with Gasteiger partial charge < -0.3 is 4.74 Å². The normalized spacial score (nSPS) is 21.5. The minimum atomic E-state index is -0.0102. The van der Waals surface area contributed by atoms with Gasteiger partial charge in [0.2, 0.25) is 0 Å². The molecule has 2 aliphatic heterocycles. The lowest BCUT2D eigenvalue weighted by molar-refractivity contribution is 0.338. The molecule has 104 valence electrons. The van der Waals surface area contributed by atoms with Gasteiger partial charge in [0.1, 0.15) is 23.8 Å². The molecule has 0 amide bonds. The predicted octanol–water partition coefficient (Wildman–Crippen LogP) is 3.23. The lowest BCUT2D eigenvalue weighted by Gasteiger charge is -2.08. The Labute approximate surface area is 125 Å². The fourth-order valence-corrected chi connectivity index (χ4v) is 3.61. The van der Waals surface area contributed by atoms with Crippen molar-refractivity contribution in [2.45, 2.75) is 12.3 Å². The van der Waals surface area contributed by atoms with Crippen LogP contribution >= 0.6 is 0 Å². The Morgan fingerprint density at radius 1 is 1.09 bits per heavy atom. The number of imidazole rings is 1. The molecule has 4 heterocycles. The van der Waals surface area contributed by atoms with Crippen molar-refractivity contribution in [3.63, 3.8) is 0 Å². The average molecular weight is 286 g/mol. The minimum Gasteiger partial charge on any atom is -0.342 e. The average Bonchev–Trinajstić information content (AvgIpc) is 3.27. The summed E-state index contributed by atoms with van der Waals surface area (Å²) in [5, 5.41) is 2.45. The largest absolute Gasteiger partial charge is 0.342 e. The Kier molecular flexibility index (Phi) is 1.73. The second kappa shape index (κ2) is 3.51. The summed E-state index contributed by atoms with van der Waals surface area (Å²) in [6.07, 6.45) is 3.43. The zero-order chi connectivity index (χ0) is 14.3. The second-order valence-electron chi connectivity index (χ2n) is 5.74. The van der Waals surface area contributed by atoms with E-state index in [1.807, 2.05) is 6.20 Å². The number of rotatable bonds is 0. The van der Waals surface area contributed by atoms with Gasteiger partial charge >= 0.3 is 0 Å². The van der Waals surface area contributed by atoms with Crippen LogP contribution in [0.3, 0.4) is 0 Å². The molecule has 5 heteroatoms. The first-order valence-corrected chi connectivity index (χ1v) is 7.27. The van der Waals surface area contributed by atoms with Crippen LogP contribution in [0.1, 0.15) is 17.9 Å². The molecule has 2 unspecified atom stereocenters. The van der Waals surface area contributed by atoms with Crippen LogP contribution < -0.4 is 0 Å². The monoisotopic (exact) mass is 286 g/mol. The molecule has 22 heavy (non-hydrogen) atoms. The molecule has 2 aliphatic rings. The highest BCUT2D eigenvalue weighted by Crippen LogP contribution is 2.55. The van der Waals surface area contributed by atoms with Crippen LogP contribution in [0.5, 0.6) is 0 Å². The highest BCUT2D eigenvalue weighted by Gasteiger charge is 2.47. The molecule has 0 radical (unpaired) electrons. The van der Waals surface area contributed by atoms with Crippen molar-refractivity contribution < 1.29 is 4.74 Å². The molecule has 0 saturated carbocycles. The molecule has 0 aliphatic carbocycles. The van der Waals surface area contributed by atoms with Crippen molar-refractivity contribution in [3.8, 4) is 11.4 Å².